The highest BCUT2D eigenvalue weighted by Crippen LogP contribution is 2.41. The summed E-state index contributed by atoms with van der Waals surface area (Å²) in [7, 11) is 0. The molecule has 1 saturated carbocycles. The van der Waals surface area contributed by atoms with E-state index in [1.54, 1.807) is 42.5 Å². The van der Waals surface area contributed by atoms with Gasteiger partial charge in [0, 0.05) is 25.1 Å². The average molecular weight is 608 g/mol. The van der Waals surface area contributed by atoms with E-state index in [2.05, 4.69) is 16.0 Å². The van der Waals surface area contributed by atoms with Gasteiger partial charge in [0.15, 0.2) is 0 Å². The predicted octanol–water partition coefficient (Wildman–Crippen LogP) is 4.26. The number of benzene rings is 2. The Bertz CT molecular complexity index is 1200. The van der Waals surface area contributed by atoms with Crippen molar-refractivity contribution < 1.29 is 34.1 Å². The lowest BCUT2D eigenvalue weighted by Crippen LogP contribution is -2.49. The van der Waals surface area contributed by atoms with Crippen LogP contribution in [0.5, 0.6) is 0 Å². The van der Waals surface area contributed by atoms with E-state index in [1.165, 1.54) is 0 Å². The summed E-state index contributed by atoms with van der Waals surface area (Å²) in [6.07, 6.45) is 3.46. The van der Waals surface area contributed by atoms with E-state index in [0.29, 0.717) is 30.5 Å². The van der Waals surface area contributed by atoms with Crippen LogP contribution in [-0.4, -0.2) is 61.2 Å². The second-order valence-corrected chi connectivity index (χ2v) is 10.8. The predicted molar refractivity (Wildman–Crippen MR) is 154 cm³/mol. The lowest BCUT2D eigenvalue weighted by molar-refractivity contribution is -0.144. The van der Waals surface area contributed by atoms with Crippen molar-refractivity contribution >= 4 is 52.6 Å². The van der Waals surface area contributed by atoms with Crippen LogP contribution in [0.15, 0.2) is 42.5 Å². The number of halogens is 2. The number of carbonyl (C=O) groups is 4. The fourth-order valence-corrected chi connectivity index (χ4v) is 5.45. The minimum absolute atomic E-state index is 0.0435. The summed E-state index contributed by atoms with van der Waals surface area (Å²) in [6.45, 7) is 0.127. The molecule has 3 amide bonds. The van der Waals surface area contributed by atoms with Crippen LogP contribution in [0.25, 0.3) is 0 Å². The minimum Gasteiger partial charge on any atom is -0.480 e. The maximum atomic E-state index is 13.4. The Balaban J connectivity index is 1.57. The number of hydrogen-bond donors (Lipinski definition) is 4. The molecule has 0 bridgehead atoms. The fourth-order valence-electron chi connectivity index (χ4n) is 4.88. The number of carbonyl (C=O) groups excluding carboxylic acids is 3. The number of ether oxygens (including phenoxy) is 1. The monoisotopic (exact) mass is 606 g/mol. The maximum Gasteiger partial charge on any atom is 0.326 e. The maximum absolute atomic E-state index is 13.4. The molecule has 0 heterocycles. The van der Waals surface area contributed by atoms with Gasteiger partial charge in [-0.05, 0) is 49.1 Å². The van der Waals surface area contributed by atoms with E-state index >= 15 is 0 Å². The van der Waals surface area contributed by atoms with Gasteiger partial charge in [-0.1, -0.05) is 54.2 Å². The van der Waals surface area contributed by atoms with E-state index in [9.17, 15) is 29.4 Å². The zero-order valence-electron chi connectivity index (χ0n) is 22.5. The molecule has 1 aliphatic carbocycles. The first-order valence-corrected chi connectivity index (χ1v) is 14.2. The van der Waals surface area contributed by atoms with E-state index in [0.717, 1.165) is 12.8 Å². The summed E-state index contributed by atoms with van der Waals surface area (Å²) in [6, 6.07) is 10.2. The molecular weight excluding hydrogens is 573 g/mol. The average Bonchev–Trinajstić information content (AvgIpc) is 3.42. The Kier molecular flexibility index (Phi) is 12.4. The topological polar surface area (TPSA) is 154 Å². The number of carboxylic acids is 1. The van der Waals surface area contributed by atoms with Gasteiger partial charge >= 0.3 is 5.97 Å². The molecule has 0 aromatic heterocycles. The van der Waals surface area contributed by atoms with Crippen LogP contribution in [0, 0.1) is 5.41 Å². The number of nitrogens with one attached hydrogen (secondary N) is 3. The van der Waals surface area contributed by atoms with E-state index in [4.69, 9.17) is 27.9 Å². The first kappa shape index (κ1) is 32.3. The normalized spacial score (nSPS) is 14.7. The highest BCUT2D eigenvalue weighted by atomic mass is 35.5. The first-order chi connectivity index (χ1) is 19.6. The summed E-state index contributed by atoms with van der Waals surface area (Å²) in [5.41, 5.74) is 0.514. The van der Waals surface area contributed by atoms with Gasteiger partial charge in [0.1, 0.15) is 12.6 Å². The van der Waals surface area contributed by atoms with E-state index in [-0.39, 0.29) is 66.6 Å². The Morgan fingerprint density at radius 1 is 0.976 bits per heavy atom. The van der Waals surface area contributed by atoms with Crippen molar-refractivity contribution in [3.05, 3.63) is 63.6 Å². The van der Waals surface area contributed by atoms with Crippen LogP contribution in [0.4, 0.5) is 5.69 Å². The summed E-state index contributed by atoms with van der Waals surface area (Å²) >= 11 is 12.2. The van der Waals surface area contributed by atoms with Gasteiger partial charge < -0.3 is 25.8 Å². The summed E-state index contributed by atoms with van der Waals surface area (Å²) in [5, 5.41) is 28.9. The van der Waals surface area contributed by atoms with E-state index in [1.807, 2.05) is 0 Å². The largest absolute Gasteiger partial charge is 0.480 e. The second kappa shape index (κ2) is 15.7. The highest BCUT2D eigenvalue weighted by molar-refractivity contribution is 6.40. The molecule has 1 radical (unpaired) electrons. The molecule has 0 aliphatic heterocycles. The van der Waals surface area contributed by atoms with Crippen molar-refractivity contribution in [3.63, 3.8) is 0 Å². The molecule has 0 unspecified atom stereocenters. The molecule has 1 aliphatic rings. The van der Waals surface area contributed by atoms with Gasteiger partial charge in [-0.3, -0.25) is 14.4 Å². The van der Waals surface area contributed by atoms with Crippen molar-refractivity contribution in [1.29, 1.82) is 0 Å². The molecular formula is C29H34Cl2N3O7. The summed E-state index contributed by atoms with van der Waals surface area (Å²) in [4.78, 5) is 50.1. The zero-order chi connectivity index (χ0) is 29.8. The Morgan fingerprint density at radius 3 is 2.24 bits per heavy atom. The number of amides is 3. The van der Waals surface area contributed by atoms with Gasteiger partial charge in [-0.2, -0.15) is 0 Å². The third-order valence-electron chi connectivity index (χ3n) is 7.11. The SMILES string of the molecule is [O]CCOCCC(=O)NCCC1(C(=O)N[C@@H](Cc2ccc(NC(=O)c3c(Cl)cccc3Cl)cc2)C(=O)O)CCCC1. The van der Waals surface area contributed by atoms with Gasteiger partial charge in [0.2, 0.25) is 11.8 Å². The van der Waals surface area contributed by atoms with Crippen molar-refractivity contribution in [1.82, 2.24) is 10.6 Å². The standard InChI is InChI=1S/C29H34Cl2N3O7/c30-21-4-3-5-22(31)25(21)26(37)33-20-8-6-19(7-9-20)18-23(27(38)39)34-28(40)29(11-1-2-12-29)13-14-32-24(36)10-16-41-17-15-35/h3-9,23H,1-2,10-18H2,(H,32,36)(H,33,37)(H,34,40)(H,38,39)/t23-/m0/s1. The van der Waals surface area contributed by atoms with Crippen LogP contribution < -0.4 is 16.0 Å². The number of hydrogen-bond acceptors (Lipinski definition) is 5. The van der Waals surface area contributed by atoms with Crippen LogP contribution >= 0.6 is 23.2 Å². The van der Waals surface area contributed by atoms with Gasteiger partial charge in [-0.25, -0.2) is 9.90 Å². The van der Waals surface area contributed by atoms with Crippen molar-refractivity contribution in [2.45, 2.75) is 51.0 Å². The van der Waals surface area contributed by atoms with Crippen molar-refractivity contribution in [2.24, 2.45) is 5.41 Å². The molecule has 221 valence electrons. The molecule has 4 N–H and O–H groups in total. The molecule has 0 spiro atoms. The molecule has 41 heavy (non-hydrogen) atoms. The first-order valence-electron chi connectivity index (χ1n) is 13.5. The lowest BCUT2D eigenvalue weighted by atomic mass is 9.81. The van der Waals surface area contributed by atoms with Crippen LogP contribution in [-0.2, 0) is 30.6 Å². The molecule has 2 aromatic carbocycles. The quantitative estimate of drug-likeness (QED) is 0.222. The van der Waals surface area contributed by atoms with Gasteiger partial charge in [-0.15, -0.1) is 0 Å². The molecule has 1 atom stereocenters. The van der Waals surface area contributed by atoms with Gasteiger partial charge in [0.05, 0.1) is 34.2 Å². The highest BCUT2D eigenvalue weighted by Gasteiger charge is 2.42. The van der Waals surface area contributed by atoms with Crippen LogP contribution in [0.3, 0.4) is 0 Å². The van der Waals surface area contributed by atoms with Crippen LogP contribution in [0.1, 0.15) is 54.4 Å². The number of aliphatic carboxylic acids is 1. The molecule has 2 aromatic rings. The second-order valence-electron chi connectivity index (χ2n) is 9.97. The smallest absolute Gasteiger partial charge is 0.326 e. The molecule has 10 nitrogen and oxygen atoms in total. The third-order valence-corrected chi connectivity index (χ3v) is 7.74. The molecule has 3 rings (SSSR count). The summed E-state index contributed by atoms with van der Waals surface area (Å²) in [5.74, 6) is -2.21. The van der Waals surface area contributed by atoms with Crippen molar-refractivity contribution in [2.75, 3.05) is 31.7 Å². The minimum atomic E-state index is -1.16. The van der Waals surface area contributed by atoms with Gasteiger partial charge in [0.25, 0.3) is 5.91 Å². The third kappa shape index (κ3) is 9.43. The summed E-state index contributed by atoms with van der Waals surface area (Å²) < 4.78 is 5.04. The Labute approximate surface area is 248 Å². The van der Waals surface area contributed by atoms with Crippen molar-refractivity contribution in [3.8, 4) is 0 Å². The lowest BCUT2D eigenvalue weighted by Gasteiger charge is -2.29. The molecule has 1 fully saturated rings. The number of rotatable bonds is 15. The Morgan fingerprint density at radius 2 is 1.63 bits per heavy atom. The fraction of sp³-hybridized carbons (Fsp3) is 0.448. The Hall–Kier alpha value is -3.18. The molecule has 0 saturated heterocycles. The number of carboxylic acid groups (broad SMARTS) is 1. The van der Waals surface area contributed by atoms with Crippen LogP contribution in [0.2, 0.25) is 10.0 Å². The molecule has 12 heteroatoms. The van der Waals surface area contributed by atoms with E-state index < -0.39 is 23.3 Å². The number of anilines is 1. The zero-order valence-corrected chi connectivity index (χ0v) is 24.1.